The van der Waals surface area contributed by atoms with Gasteiger partial charge in [0.1, 0.15) is 5.69 Å². The molecule has 1 aromatic heterocycles. The zero-order chi connectivity index (χ0) is 17.1. The summed E-state index contributed by atoms with van der Waals surface area (Å²) in [5.74, 6) is -0.00374. The van der Waals surface area contributed by atoms with Gasteiger partial charge < -0.3 is 9.80 Å². The Kier molecular flexibility index (Phi) is 5.11. The molecule has 0 radical (unpaired) electrons. The van der Waals surface area contributed by atoms with Crippen molar-refractivity contribution in [2.45, 2.75) is 58.0 Å². The predicted molar refractivity (Wildman–Crippen MR) is 90.3 cm³/mol. The third-order valence-corrected chi connectivity index (χ3v) is 5.08. The molecular weight excluding hydrogens is 304 g/mol. The smallest absolute Gasteiger partial charge is 0.274 e. The van der Waals surface area contributed by atoms with Crippen LogP contribution in [0.15, 0.2) is 18.6 Å². The molecule has 130 valence electrons. The summed E-state index contributed by atoms with van der Waals surface area (Å²) >= 11 is 0. The highest BCUT2D eigenvalue weighted by Gasteiger charge is 2.41. The van der Waals surface area contributed by atoms with E-state index in [1.54, 1.807) is 11.1 Å². The molecule has 2 fully saturated rings. The molecule has 3 rings (SSSR count). The molecule has 1 saturated heterocycles. The van der Waals surface area contributed by atoms with Crippen LogP contribution in [-0.2, 0) is 4.79 Å². The average Bonchev–Trinajstić information content (AvgIpc) is 2.55. The number of aromatic nitrogens is 2. The maximum atomic E-state index is 12.9. The first-order valence-corrected chi connectivity index (χ1v) is 8.95. The lowest BCUT2D eigenvalue weighted by Crippen LogP contribution is -2.59. The van der Waals surface area contributed by atoms with Crippen LogP contribution in [0, 0.1) is 5.92 Å². The molecule has 2 amide bonds. The number of likely N-dealkylation sites (tertiary alicyclic amines) is 1. The van der Waals surface area contributed by atoms with Gasteiger partial charge in [0.25, 0.3) is 5.91 Å². The minimum Gasteiger partial charge on any atom is -0.337 e. The molecule has 24 heavy (non-hydrogen) atoms. The highest BCUT2D eigenvalue weighted by atomic mass is 16.2. The van der Waals surface area contributed by atoms with E-state index in [-0.39, 0.29) is 23.8 Å². The van der Waals surface area contributed by atoms with Gasteiger partial charge in [-0.2, -0.15) is 0 Å². The van der Waals surface area contributed by atoms with E-state index < -0.39 is 0 Å². The summed E-state index contributed by atoms with van der Waals surface area (Å²) in [6, 6.07) is 0.585. The monoisotopic (exact) mass is 330 g/mol. The molecule has 2 aliphatic rings. The molecule has 1 saturated carbocycles. The number of hydrogen-bond donors (Lipinski definition) is 0. The van der Waals surface area contributed by atoms with Crippen LogP contribution in [0.25, 0.3) is 0 Å². The van der Waals surface area contributed by atoms with Crippen LogP contribution in [0.4, 0.5) is 0 Å². The standard InChI is InChI=1S/C18H26N4O2/c1-13(2)22(15-6-4-3-5-7-15)17(23)14-11-21(12-14)18(24)16-10-19-8-9-20-16/h8-10,13-15H,3-7,11-12H2,1-2H3. The Bertz CT molecular complexity index is 578. The first kappa shape index (κ1) is 16.9. The lowest BCUT2D eigenvalue weighted by Gasteiger charge is -2.44. The Morgan fingerprint density at radius 1 is 1.17 bits per heavy atom. The van der Waals surface area contributed by atoms with Gasteiger partial charge in [0, 0.05) is 37.6 Å². The van der Waals surface area contributed by atoms with Crippen LogP contribution in [0.3, 0.4) is 0 Å². The normalized spacial score (nSPS) is 19.2. The highest BCUT2D eigenvalue weighted by molar-refractivity contribution is 5.94. The minimum atomic E-state index is -0.138. The first-order chi connectivity index (χ1) is 11.6. The minimum absolute atomic E-state index is 0.0741. The van der Waals surface area contributed by atoms with E-state index in [9.17, 15) is 9.59 Å². The lowest BCUT2D eigenvalue weighted by atomic mass is 9.90. The fourth-order valence-corrected chi connectivity index (χ4v) is 3.80. The van der Waals surface area contributed by atoms with Crippen molar-refractivity contribution in [3.05, 3.63) is 24.3 Å². The molecule has 2 heterocycles. The second kappa shape index (κ2) is 7.28. The van der Waals surface area contributed by atoms with Crippen molar-refractivity contribution >= 4 is 11.8 Å². The molecule has 1 aromatic rings. The topological polar surface area (TPSA) is 66.4 Å². The Hall–Kier alpha value is -1.98. The summed E-state index contributed by atoms with van der Waals surface area (Å²) in [5.41, 5.74) is 0.344. The van der Waals surface area contributed by atoms with Gasteiger partial charge >= 0.3 is 0 Å². The molecule has 1 aliphatic carbocycles. The van der Waals surface area contributed by atoms with Crippen molar-refractivity contribution in [1.82, 2.24) is 19.8 Å². The third-order valence-electron chi connectivity index (χ3n) is 5.08. The van der Waals surface area contributed by atoms with Gasteiger partial charge in [0.2, 0.25) is 5.91 Å². The SMILES string of the molecule is CC(C)N(C(=O)C1CN(C(=O)c2cnccn2)C1)C1CCCCC1. The van der Waals surface area contributed by atoms with Crippen molar-refractivity contribution in [2.75, 3.05) is 13.1 Å². The average molecular weight is 330 g/mol. The zero-order valence-electron chi connectivity index (χ0n) is 14.5. The van der Waals surface area contributed by atoms with Crippen molar-refractivity contribution in [1.29, 1.82) is 0 Å². The summed E-state index contributed by atoms with van der Waals surface area (Å²) in [6.07, 6.45) is 10.5. The summed E-state index contributed by atoms with van der Waals surface area (Å²) < 4.78 is 0. The Morgan fingerprint density at radius 3 is 2.46 bits per heavy atom. The van der Waals surface area contributed by atoms with Gasteiger partial charge in [-0.3, -0.25) is 14.6 Å². The molecule has 0 spiro atoms. The number of rotatable bonds is 4. The largest absolute Gasteiger partial charge is 0.337 e. The number of nitrogens with zero attached hydrogens (tertiary/aromatic N) is 4. The van der Waals surface area contributed by atoms with Gasteiger partial charge in [0.05, 0.1) is 12.1 Å². The van der Waals surface area contributed by atoms with Gasteiger partial charge in [-0.25, -0.2) is 4.98 Å². The first-order valence-electron chi connectivity index (χ1n) is 8.95. The van der Waals surface area contributed by atoms with Crippen molar-refractivity contribution in [3.8, 4) is 0 Å². The van der Waals surface area contributed by atoms with Crippen molar-refractivity contribution in [3.63, 3.8) is 0 Å². The van der Waals surface area contributed by atoms with Crippen molar-refractivity contribution < 1.29 is 9.59 Å². The molecular formula is C18H26N4O2. The van der Waals surface area contributed by atoms with Crippen LogP contribution >= 0.6 is 0 Å². The number of carbonyl (C=O) groups excluding carboxylic acids is 2. The molecule has 0 atom stereocenters. The summed E-state index contributed by atoms with van der Waals surface area (Å²) in [4.78, 5) is 37.0. The predicted octanol–water partition coefficient (Wildman–Crippen LogP) is 2.12. The number of hydrogen-bond acceptors (Lipinski definition) is 4. The number of amides is 2. The fraction of sp³-hybridized carbons (Fsp3) is 0.667. The van der Waals surface area contributed by atoms with Gasteiger partial charge in [-0.1, -0.05) is 19.3 Å². The van der Waals surface area contributed by atoms with Crippen LogP contribution in [0.2, 0.25) is 0 Å². The Morgan fingerprint density at radius 2 is 1.88 bits per heavy atom. The second-order valence-electron chi connectivity index (χ2n) is 7.13. The Balaban J connectivity index is 1.59. The molecule has 0 aromatic carbocycles. The van der Waals surface area contributed by atoms with E-state index in [1.807, 2.05) is 0 Å². The van der Waals surface area contributed by atoms with E-state index in [4.69, 9.17) is 0 Å². The third kappa shape index (κ3) is 3.42. The van der Waals surface area contributed by atoms with Gasteiger partial charge in [-0.05, 0) is 26.7 Å². The molecule has 6 heteroatoms. The van der Waals surface area contributed by atoms with E-state index >= 15 is 0 Å². The van der Waals surface area contributed by atoms with E-state index in [2.05, 4.69) is 28.7 Å². The van der Waals surface area contributed by atoms with E-state index in [0.29, 0.717) is 24.8 Å². The molecule has 0 unspecified atom stereocenters. The fourth-order valence-electron chi connectivity index (χ4n) is 3.80. The van der Waals surface area contributed by atoms with Gasteiger partial charge in [-0.15, -0.1) is 0 Å². The van der Waals surface area contributed by atoms with Crippen LogP contribution in [-0.4, -0.2) is 56.8 Å². The van der Waals surface area contributed by atoms with E-state index in [1.165, 1.54) is 31.7 Å². The molecule has 0 bridgehead atoms. The maximum Gasteiger partial charge on any atom is 0.274 e. The summed E-state index contributed by atoms with van der Waals surface area (Å²) in [7, 11) is 0. The van der Waals surface area contributed by atoms with E-state index in [0.717, 1.165) is 12.8 Å². The molecule has 0 N–H and O–H groups in total. The second-order valence-corrected chi connectivity index (χ2v) is 7.13. The lowest BCUT2D eigenvalue weighted by molar-refractivity contribution is -0.145. The molecule has 6 nitrogen and oxygen atoms in total. The van der Waals surface area contributed by atoms with Crippen LogP contribution < -0.4 is 0 Å². The summed E-state index contributed by atoms with van der Waals surface area (Å²) in [5, 5.41) is 0. The van der Waals surface area contributed by atoms with Crippen molar-refractivity contribution in [2.24, 2.45) is 5.92 Å². The summed E-state index contributed by atoms with van der Waals surface area (Å²) in [6.45, 7) is 5.16. The number of carbonyl (C=O) groups is 2. The maximum absolute atomic E-state index is 12.9. The van der Waals surface area contributed by atoms with Crippen LogP contribution in [0.1, 0.15) is 56.4 Å². The highest BCUT2D eigenvalue weighted by Crippen LogP contribution is 2.28. The molecule has 1 aliphatic heterocycles. The van der Waals surface area contributed by atoms with Crippen LogP contribution in [0.5, 0.6) is 0 Å². The quantitative estimate of drug-likeness (QED) is 0.848. The zero-order valence-corrected chi connectivity index (χ0v) is 14.5. The Labute approximate surface area is 143 Å². The van der Waals surface area contributed by atoms with Gasteiger partial charge in [0.15, 0.2) is 0 Å².